The van der Waals surface area contributed by atoms with Crippen molar-refractivity contribution >= 4 is 11.6 Å². The lowest BCUT2D eigenvalue weighted by atomic mass is 10.2. The van der Waals surface area contributed by atoms with Gasteiger partial charge in [-0.3, -0.25) is 4.98 Å². The summed E-state index contributed by atoms with van der Waals surface area (Å²) in [5, 5.41) is 0. The standard InChI is InChI=1S/C15H16ClNO2/c1-11-4-3-5-13(17-11)10-19-15-8-14(18-2)7-6-12(15)9-16/h3-8H,9-10H2,1-2H3. The second-order valence-electron chi connectivity index (χ2n) is 4.17. The molecule has 0 aliphatic heterocycles. The Bertz CT molecular complexity index is 558. The number of benzene rings is 1. The fourth-order valence-electron chi connectivity index (χ4n) is 1.74. The van der Waals surface area contributed by atoms with Crippen LogP contribution in [0.3, 0.4) is 0 Å². The summed E-state index contributed by atoms with van der Waals surface area (Å²) in [5.41, 5.74) is 2.81. The molecule has 0 saturated heterocycles. The number of halogens is 1. The third-order valence-corrected chi connectivity index (χ3v) is 3.03. The first-order valence-electron chi connectivity index (χ1n) is 6.01. The molecule has 0 radical (unpaired) electrons. The van der Waals surface area contributed by atoms with Crippen molar-refractivity contribution in [3.05, 3.63) is 53.3 Å². The Morgan fingerprint density at radius 3 is 2.74 bits per heavy atom. The molecule has 0 saturated carbocycles. The molecule has 0 spiro atoms. The average Bonchev–Trinajstić information content (AvgIpc) is 2.45. The zero-order valence-corrected chi connectivity index (χ0v) is 11.8. The van der Waals surface area contributed by atoms with Crippen LogP contribution in [0, 0.1) is 6.92 Å². The van der Waals surface area contributed by atoms with Crippen LogP contribution in [-0.4, -0.2) is 12.1 Å². The van der Waals surface area contributed by atoms with Gasteiger partial charge in [0.05, 0.1) is 18.7 Å². The highest BCUT2D eigenvalue weighted by atomic mass is 35.5. The lowest BCUT2D eigenvalue weighted by Crippen LogP contribution is -2.01. The lowest BCUT2D eigenvalue weighted by molar-refractivity contribution is 0.296. The van der Waals surface area contributed by atoms with E-state index in [1.165, 1.54) is 0 Å². The topological polar surface area (TPSA) is 31.4 Å². The van der Waals surface area contributed by atoms with Crippen LogP contribution in [0.25, 0.3) is 0 Å². The first kappa shape index (κ1) is 13.7. The van der Waals surface area contributed by atoms with E-state index in [9.17, 15) is 0 Å². The number of aryl methyl sites for hydroxylation is 1. The van der Waals surface area contributed by atoms with E-state index in [1.54, 1.807) is 7.11 Å². The van der Waals surface area contributed by atoms with Gasteiger partial charge in [0.25, 0.3) is 0 Å². The minimum absolute atomic E-state index is 0.403. The average molecular weight is 278 g/mol. The summed E-state index contributed by atoms with van der Waals surface area (Å²) in [6, 6.07) is 11.5. The molecule has 100 valence electrons. The molecular weight excluding hydrogens is 262 g/mol. The summed E-state index contributed by atoms with van der Waals surface area (Å²) < 4.78 is 11.0. The second kappa shape index (κ2) is 6.43. The predicted octanol–water partition coefficient (Wildman–Crippen LogP) is 3.72. The van der Waals surface area contributed by atoms with Gasteiger partial charge in [0.1, 0.15) is 18.1 Å². The van der Waals surface area contributed by atoms with E-state index in [2.05, 4.69) is 4.98 Å². The van der Waals surface area contributed by atoms with Crippen molar-refractivity contribution in [3.63, 3.8) is 0 Å². The first-order valence-corrected chi connectivity index (χ1v) is 6.54. The number of aromatic nitrogens is 1. The van der Waals surface area contributed by atoms with Crippen molar-refractivity contribution in [3.8, 4) is 11.5 Å². The highest BCUT2D eigenvalue weighted by Crippen LogP contribution is 2.26. The molecule has 1 aromatic carbocycles. The number of pyridine rings is 1. The maximum absolute atomic E-state index is 5.90. The van der Waals surface area contributed by atoms with Crippen molar-refractivity contribution < 1.29 is 9.47 Å². The number of nitrogens with zero attached hydrogens (tertiary/aromatic N) is 1. The molecule has 2 rings (SSSR count). The molecule has 1 aromatic heterocycles. The summed E-state index contributed by atoms with van der Waals surface area (Å²) >= 11 is 5.90. The van der Waals surface area contributed by atoms with Crippen molar-refractivity contribution in [1.29, 1.82) is 0 Å². The Morgan fingerprint density at radius 2 is 2.05 bits per heavy atom. The second-order valence-corrected chi connectivity index (χ2v) is 4.43. The molecule has 3 nitrogen and oxygen atoms in total. The molecule has 19 heavy (non-hydrogen) atoms. The van der Waals surface area contributed by atoms with Crippen LogP contribution < -0.4 is 9.47 Å². The molecule has 0 atom stereocenters. The third kappa shape index (κ3) is 3.61. The number of hydrogen-bond acceptors (Lipinski definition) is 3. The van der Waals surface area contributed by atoms with Crippen molar-refractivity contribution in [1.82, 2.24) is 4.98 Å². The third-order valence-electron chi connectivity index (χ3n) is 2.74. The Kier molecular flexibility index (Phi) is 4.63. The van der Waals surface area contributed by atoms with E-state index >= 15 is 0 Å². The fraction of sp³-hybridized carbons (Fsp3) is 0.267. The maximum atomic E-state index is 5.90. The molecule has 4 heteroatoms. The van der Waals surface area contributed by atoms with Gasteiger partial charge in [-0.1, -0.05) is 12.1 Å². The van der Waals surface area contributed by atoms with E-state index in [-0.39, 0.29) is 0 Å². The van der Waals surface area contributed by atoms with Gasteiger partial charge < -0.3 is 9.47 Å². The number of rotatable bonds is 5. The van der Waals surface area contributed by atoms with Gasteiger partial charge in [0.2, 0.25) is 0 Å². The Hall–Kier alpha value is -1.74. The summed E-state index contributed by atoms with van der Waals surface area (Å²) in [5.74, 6) is 1.89. The molecular formula is C15H16ClNO2. The van der Waals surface area contributed by atoms with Gasteiger partial charge in [0, 0.05) is 17.3 Å². The lowest BCUT2D eigenvalue weighted by Gasteiger charge is -2.11. The minimum Gasteiger partial charge on any atom is -0.497 e. The minimum atomic E-state index is 0.403. The van der Waals surface area contributed by atoms with Gasteiger partial charge >= 0.3 is 0 Å². The molecule has 1 heterocycles. The van der Waals surface area contributed by atoms with Gasteiger partial charge in [-0.15, -0.1) is 11.6 Å². The van der Waals surface area contributed by atoms with Gasteiger partial charge in [0.15, 0.2) is 0 Å². The van der Waals surface area contributed by atoms with Crippen molar-refractivity contribution in [2.24, 2.45) is 0 Å². The van der Waals surface area contributed by atoms with Gasteiger partial charge in [-0.25, -0.2) is 0 Å². The SMILES string of the molecule is COc1ccc(CCl)c(OCc2cccc(C)n2)c1. The molecule has 0 bridgehead atoms. The highest BCUT2D eigenvalue weighted by Gasteiger charge is 2.06. The number of methoxy groups -OCH3 is 1. The fourth-order valence-corrected chi connectivity index (χ4v) is 1.96. The number of hydrogen-bond donors (Lipinski definition) is 0. The summed E-state index contributed by atoms with van der Waals surface area (Å²) in [7, 11) is 1.63. The molecule has 2 aromatic rings. The summed E-state index contributed by atoms with van der Waals surface area (Å²) in [4.78, 5) is 4.40. The van der Waals surface area contributed by atoms with Crippen molar-refractivity contribution in [2.75, 3.05) is 7.11 Å². The van der Waals surface area contributed by atoms with E-state index < -0.39 is 0 Å². The van der Waals surface area contributed by atoms with Crippen LogP contribution in [0.4, 0.5) is 0 Å². The zero-order valence-electron chi connectivity index (χ0n) is 11.0. The molecule has 0 aliphatic carbocycles. The van der Waals surface area contributed by atoms with E-state index in [0.29, 0.717) is 12.5 Å². The number of alkyl halides is 1. The van der Waals surface area contributed by atoms with Crippen LogP contribution in [0.1, 0.15) is 17.0 Å². The smallest absolute Gasteiger partial charge is 0.130 e. The van der Waals surface area contributed by atoms with Gasteiger partial charge in [-0.05, 0) is 25.1 Å². The molecule has 0 unspecified atom stereocenters. The number of ether oxygens (including phenoxy) is 2. The summed E-state index contributed by atoms with van der Waals surface area (Å²) in [6.07, 6.45) is 0. The van der Waals surface area contributed by atoms with Crippen LogP contribution in [0.2, 0.25) is 0 Å². The zero-order chi connectivity index (χ0) is 13.7. The highest BCUT2D eigenvalue weighted by molar-refractivity contribution is 6.17. The van der Waals surface area contributed by atoms with E-state index in [0.717, 1.165) is 28.5 Å². The summed E-state index contributed by atoms with van der Waals surface area (Å²) in [6.45, 7) is 2.37. The van der Waals surface area contributed by atoms with Crippen LogP contribution in [0.15, 0.2) is 36.4 Å². The predicted molar refractivity (Wildman–Crippen MR) is 75.9 cm³/mol. The molecule has 0 fully saturated rings. The normalized spacial score (nSPS) is 10.3. The molecule has 0 aliphatic rings. The molecule has 0 amide bonds. The largest absolute Gasteiger partial charge is 0.497 e. The van der Waals surface area contributed by atoms with Crippen molar-refractivity contribution in [2.45, 2.75) is 19.4 Å². The quantitative estimate of drug-likeness (QED) is 0.781. The maximum Gasteiger partial charge on any atom is 0.130 e. The first-order chi connectivity index (χ1) is 9.22. The Morgan fingerprint density at radius 1 is 1.21 bits per heavy atom. The van der Waals surface area contributed by atoms with Crippen LogP contribution >= 0.6 is 11.6 Å². The Balaban J connectivity index is 2.14. The van der Waals surface area contributed by atoms with Crippen LogP contribution in [0.5, 0.6) is 11.5 Å². The van der Waals surface area contributed by atoms with Gasteiger partial charge in [-0.2, -0.15) is 0 Å². The Labute approximate surface area is 118 Å². The monoisotopic (exact) mass is 277 g/mol. The van der Waals surface area contributed by atoms with Crippen LogP contribution in [-0.2, 0) is 12.5 Å². The van der Waals surface area contributed by atoms with E-state index in [1.807, 2.05) is 43.3 Å². The molecule has 0 N–H and O–H groups in total. The van der Waals surface area contributed by atoms with E-state index in [4.69, 9.17) is 21.1 Å².